The van der Waals surface area contributed by atoms with Crippen LogP contribution < -0.4 is 59.1 Å². The average Bonchev–Trinajstić information content (AvgIpc) is 2.04. The van der Waals surface area contributed by atoms with Crippen molar-refractivity contribution in [2.75, 3.05) is 0 Å². The van der Waals surface area contributed by atoms with Crippen molar-refractivity contribution in [1.29, 1.82) is 0 Å². The molecule has 0 saturated carbocycles. The third-order valence-corrected chi connectivity index (χ3v) is 2.29. The normalized spacial score (nSPS) is 8.62. The molecule has 0 atom stereocenters. The molecule has 0 bridgehead atoms. The molecule has 0 N–H and O–H groups in total. The number of benzene rings is 1. The van der Waals surface area contributed by atoms with E-state index in [2.05, 4.69) is 6.07 Å². The maximum absolute atomic E-state index is 10.5. The van der Waals surface area contributed by atoms with Crippen molar-refractivity contribution in [1.82, 2.24) is 0 Å². The van der Waals surface area contributed by atoms with Gasteiger partial charge in [0.15, 0.2) is 0 Å². The molecule has 0 fully saturated rings. The van der Waals surface area contributed by atoms with Gasteiger partial charge in [-0.1, -0.05) is 11.8 Å². The fourth-order valence-electron chi connectivity index (χ4n) is 0.780. The van der Waals surface area contributed by atoms with Gasteiger partial charge in [0.05, 0.1) is 0 Å². The van der Waals surface area contributed by atoms with Crippen LogP contribution in [0.3, 0.4) is 0 Å². The first-order valence-corrected chi connectivity index (χ1v) is 5.35. The Balaban J connectivity index is -0.000000306. The Hall–Kier alpha value is 0.950. The summed E-state index contributed by atoms with van der Waals surface area (Å²) in [4.78, 5) is -0.170. The first-order valence-electron chi connectivity index (χ1n) is 3.28. The summed E-state index contributed by atoms with van der Waals surface area (Å²) in [6.45, 7) is 1.56. The van der Waals surface area contributed by atoms with Crippen LogP contribution in [0.25, 0.3) is 0 Å². The maximum atomic E-state index is 10.5. The molecule has 0 aliphatic rings. The molecule has 0 saturated heterocycles. The minimum absolute atomic E-state index is 0. The van der Waals surface area contributed by atoms with Gasteiger partial charge in [-0.3, -0.25) is 0 Å². The third kappa shape index (κ3) is 9.03. The summed E-state index contributed by atoms with van der Waals surface area (Å²) >= 11 is -0.750. The molecule has 5 nitrogen and oxygen atoms in total. The zero-order chi connectivity index (χ0) is 11.2. The van der Waals surface area contributed by atoms with Gasteiger partial charge in [-0.25, -0.2) is 8.42 Å². The van der Waals surface area contributed by atoms with Crippen LogP contribution in [0.15, 0.2) is 23.1 Å². The monoisotopic (exact) mass is 280 g/mol. The van der Waals surface area contributed by atoms with Crippen molar-refractivity contribution in [3.8, 4) is 0 Å². The van der Waals surface area contributed by atoms with Gasteiger partial charge in [0.1, 0.15) is 10.1 Å². The SMILES string of the molecule is Cc1c[c-]ccc1S(=O)(=O)[O-].O=S=O.[Na+].[Na+]. The van der Waals surface area contributed by atoms with Crippen LogP contribution in [0.4, 0.5) is 0 Å². The van der Waals surface area contributed by atoms with E-state index < -0.39 is 21.7 Å². The van der Waals surface area contributed by atoms with Gasteiger partial charge in [-0.05, 0) is 0 Å². The van der Waals surface area contributed by atoms with Gasteiger partial charge in [-0.15, -0.1) is 5.56 Å². The minimum atomic E-state index is -4.30. The van der Waals surface area contributed by atoms with Crippen molar-refractivity contribution in [2.45, 2.75) is 11.8 Å². The van der Waals surface area contributed by atoms with E-state index in [4.69, 9.17) is 8.42 Å². The Bertz CT molecular complexity index is 440. The molecule has 0 aliphatic heterocycles. The molecule has 0 amide bonds. The average molecular weight is 280 g/mol. The van der Waals surface area contributed by atoms with Crippen LogP contribution in [0.1, 0.15) is 5.56 Å². The number of hydrogen-bond donors (Lipinski definition) is 0. The number of hydrogen-bond acceptors (Lipinski definition) is 5. The molecule has 0 heterocycles. The second-order valence-corrected chi connectivity index (χ2v) is 3.70. The van der Waals surface area contributed by atoms with Crippen LogP contribution in [0.2, 0.25) is 0 Å². The van der Waals surface area contributed by atoms with Gasteiger partial charge in [-0.2, -0.15) is 32.7 Å². The minimum Gasteiger partial charge on any atom is -0.746 e. The first kappa shape index (κ1) is 22.2. The van der Waals surface area contributed by atoms with Crippen molar-refractivity contribution >= 4 is 21.7 Å². The van der Waals surface area contributed by atoms with E-state index in [9.17, 15) is 13.0 Å². The zero-order valence-electron chi connectivity index (χ0n) is 9.09. The van der Waals surface area contributed by atoms with E-state index in [1.54, 1.807) is 6.92 Å². The molecule has 0 spiro atoms. The molecule has 1 aromatic rings. The summed E-state index contributed by atoms with van der Waals surface area (Å²) in [5, 5.41) is 0. The molecule has 16 heavy (non-hydrogen) atoms. The Kier molecular flexibility index (Phi) is 15.3. The fourth-order valence-corrected chi connectivity index (χ4v) is 1.47. The predicted octanol–water partition coefficient (Wildman–Crippen LogP) is -5.96. The summed E-state index contributed by atoms with van der Waals surface area (Å²) in [5.41, 5.74) is 0.433. The Morgan fingerprint density at radius 3 is 2.00 bits per heavy atom. The summed E-state index contributed by atoms with van der Waals surface area (Å²) in [6.07, 6.45) is 0. The second kappa shape index (κ2) is 11.1. The van der Waals surface area contributed by atoms with E-state index in [-0.39, 0.29) is 64.0 Å². The number of rotatable bonds is 1. The molecule has 9 heteroatoms. The summed E-state index contributed by atoms with van der Waals surface area (Å²) < 4.78 is 48.0. The van der Waals surface area contributed by atoms with Crippen LogP contribution in [0.5, 0.6) is 0 Å². The molecule has 0 aliphatic carbocycles. The summed E-state index contributed by atoms with van der Waals surface area (Å²) in [7, 11) is -4.30. The molecule has 0 unspecified atom stereocenters. The smallest absolute Gasteiger partial charge is 0.746 e. The van der Waals surface area contributed by atoms with Gasteiger partial charge in [0.2, 0.25) is 0 Å². The first-order chi connectivity index (χ1) is 6.43. The van der Waals surface area contributed by atoms with Crippen molar-refractivity contribution in [2.24, 2.45) is 0 Å². The fraction of sp³-hybridized carbons (Fsp3) is 0.143. The molecule has 0 aromatic heterocycles. The van der Waals surface area contributed by atoms with Gasteiger partial charge in [0, 0.05) is 0 Å². The van der Waals surface area contributed by atoms with Gasteiger partial charge in [0.25, 0.3) is 0 Å². The zero-order valence-corrected chi connectivity index (χ0v) is 14.7. The standard InChI is InChI=1S/C7H7O3S.2Na.O2S/c1-6-4-2-3-5-7(6)11(8,9)10;;;1-3-2/h3-5H,1H3,(H,8,9,10);;;/q-1;2*+1;/p-1. The van der Waals surface area contributed by atoms with Crippen molar-refractivity contribution in [3.63, 3.8) is 0 Å². The van der Waals surface area contributed by atoms with E-state index in [0.29, 0.717) is 5.56 Å². The quantitative estimate of drug-likeness (QED) is 0.290. The van der Waals surface area contributed by atoms with Crippen LogP contribution in [-0.2, 0) is 21.7 Å². The Morgan fingerprint density at radius 1 is 1.31 bits per heavy atom. The van der Waals surface area contributed by atoms with E-state index in [1.807, 2.05) is 0 Å². The van der Waals surface area contributed by atoms with Crippen LogP contribution >= 0.6 is 0 Å². The second-order valence-electron chi connectivity index (χ2n) is 2.21. The van der Waals surface area contributed by atoms with Crippen LogP contribution in [-0.4, -0.2) is 21.4 Å². The van der Waals surface area contributed by atoms with Crippen LogP contribution in [0, 0.1) is 13.0 Å². The Labute approximate surface area is 142 Å². The molecule has 1 aromatic carbocycles. The molecule has 1 rings (SSSR count). The predicted molar refractivity (Wildman–Crippen MR) is 46.9 cm³/mol. The molecule has 0 radical (unpaired) electrons. The topological polar surface area (TPSA) is 91.3 Å². The molecule has 78 valence electrons. The summed E-state index contributed by atoms with van der Waals surface area (Å²) in [5.74, 6) is 0. The Morgan fingerprint density at radius 2 is 1.75 bits per heavy atom. The maximum Gasteiger partial charge on any atom is 1.00 e. The van der Waals surface area contributed by atoms with E-state index >= 15 is 0 Å². The van der Waals surface area contributed by atoms with E-state index in [0.717, 1.165) is 0 Å². The molecular formula is C7H6Na2O5S2. The van der Waals surface area contributed by atoms with Crippen molar-refractivity contribution in [3.05, 3.63) is 29.8 Å². The van der Waals surface area contributed by atoms with E-state index in [1.165, 1.54) is 18.2 Å². The van der Waals surface area contributed by atoms with Gasteiger partial charge < -0.3 is 4.55 Å². The summed E-state index contributed by atoms with van der Waals surface area (Å²) in [6, 6.07) is 6.78. The molecular weight excluding hydrogens is 274 g/mol. The van der Waals surface area contributed by atoms with Crippen molar-refractivity contribution < 1.29 is 80.5 Å². The largest absolute Gasteiger partial charge is 1.00 e. The number of aryl methyl sites for hydroxylation is 1. The van der Waals surface area contributed by atoms with Gasteiger partial charge >= 0.3 is 70.7 Å². The third-order valence-electron chi connectivity index (χ3n) is 1.29.